The van der Waals surface area contributed by atoms with Gasteiger partial charge < -0.3 is 30.7 Å². The molecule has 0 atom stereocenters. The number of carbonyl (C=O) groups excluding carboxylic acids is 4. The van der Waals surface area contributed by atoms with Gasteiger partial charge >= 0.3 is 32.3 Å². The first kappa shape index (κ1) is 60.9. The summed E-state index contributed by atoms with van der Waals surface area (Å²) in [5.41, 5.74) is 3.49. The van der Waals surface area contributed by atoms with Gasteiger partial charge in [0, 0.05) is 49.5 Å². The first-order chi connectivity index (χ1) is 32.9. The molecule has 4 N–H and O–H groups in total. The van der Waals surface area contributed by atoms with Crippen molar-refractivity contribution in [3.05, 3.63) is 82.5 Å². The number of ether oxygens (including phenoxy) is 2. The molecule has 1 aromatic rings. The van der Waals surface area contributed by atoms with Crippen LogP contribution in [0.1, 0.15) is 198 Å². The molecule has 0 bridgehead atoms. The van der Waals surface area contributed by atoms with Crippen LogP contribution in [0, 0.1) is 38.6 Å². The topological polar surface area (TPSA) is 169 Å². The number of rotatable bonds is 30. The molecule has 3 rings (SSSR count). The van der Waals surface area contributed by atoms with Crippen molar-refractivity contribution >= 4 is 34.8 Å². The third kappa shape index (κ3) is 24.5. The fraction of sp³-hybridized carbons (Fsp3) is 0.607. The van der Waals surface area contributed by atoms with E-state index < -0.39 is 27.8 Å². The van der Waals surface area contributed by atoms with E-state index >= 15 is 0 Å². The van der Waals surface area contributed by atoms with Gasteiger partial charge in [-0.15, -0.1) is 0 Å². The normalized spacial score (nSPS) is 15.0. The van der Waals surface area contributed by atoms with Gasteiger partial charge in [-0.2, -0.15) is 0 Å². The standard InChI is InChI=1S/C56H86N4O6.2O.U/c1-11-13-15-17-19-21-23-25-27-29-31-65-51-37-47(57-39-43-33-45(55(5,6)7)35-49(53(43)63)59-41(3)61)48(38-52(51)66-32-30-28-26-24-22-20-18-16-14-12-2)58-40-44-34-46(56(8,9)10)36-50(54(44)64)60-42(4)62;;;/h33-40,57-58H,11-32H2,1-10H3,(H,59,61)(H,60,62);;;/b43-39-,44-40-;;;. The zero-order chi connectivity index (χ0) is 51.2. The second kappa shape index (κ2) is 33.4. The van der Waals surface area contributed by atoms with Gasteiger partial charge in [0.25, 0.3) is 0 Å². The Labute approximate surface area is 430 Å². The van der Waals surface area contributed by atoms with Crippen LogP contribution in [-0.2, 0) is 23.6 Å². The van der Waals surface area contributed by atoms with Crippen molar-refractivity contribution in [2.24, 2.45) is 10.8 Å². The number of nitrogens with one attached hydrogen (secondary N) is 4. The molecule has 13 heteroatoms. The van der Waals surface area contributed by atoms with Crippen LogP contribution in [0.25, 0.3) is 0 Å². The fourth-order valence-corrected chi connectivity index (χ4v) is 7.83. The van der Waals surface area contributed by atoms with Crippen LogP contribution in [0.2, 0.25) is 0 Å². The molecule has 0 aromatic heterocycles. The second-order valence-corrected chi connectivity index (χ2v) is 21.0. The van der Waals surface area contributed by atoms with Gasteiger partial charge in [0.05, 0.1) is 36.0 Å². The Balaban J connectivity index is 0.00000530. The monoisotopic (exact) mass is 1180 g/mol. The average Bonchev–Trinajstić information content (AvgIpc) is 3.27. The number of amides is 2. The van der Waals surface area contributed by atoms with Gasteiger partial charge in [-0.05, 0) is 59.1 Å². The predicted molar refractivity (Wildman–Crippen MR) is 275 cm³/mol. The van der Waals surface area contributed by atoms with Crippen molar-refractivity contribution in [2.75, 3.05) is 23.8 Å². The van der Waals surface area contributed by atoms with Crippen LogP contribution in [0.3, 0.4) is 0 Å². The van der Waals surface area contributed by atoms with Gasteiger partial charge in [-0.1, -0.05) is 171 Å². The molecule has 2 aliphatic rings. The minimum atomic E-state index is -2.51. The molecule has 0 spiro atoms. The van der Waals surface area contributed by atoms with E-state index in [0.29, 0.717) is 47.2 Å². The summed E-state index contributed by atoms with van der Waals surface area (Å²) in [6.45, 7) is 20.7. The Hall–Kier alpha value is -4.21. The Kier molecular flexibility index (Phi) is 29.5. The van der Waals surface area contributed by atoms with E-state index in [9.17, 15) is 19.2 Å². The van der Waals surface area contributed by atoms with Crippen molar-refractivity contribution in [2.45, 2.75) is 198 Å². The first-order valence-corrected chi connectivity index (χ1v) is 29.1. The van der Waals surface area contributed by atoms with E-state index in [0.717, 1.165) is 36.8 Å². The fourth-order valence-electron chi connectivity index (χ4n) is 7.83. The van der Waals surface area contributed by atoms with E-state index in [4.69, 9.17) is 13.9 Å². The van der Waals surface area contributed by atoms with Crippen LogP contribution in [0.5, 0.6) is 11.5 Å². The Morgan fingerprint density at radius 1 is 0.507 bits per heavy atom. The van der Waals surface area contributed by atoms with Gasteiger partial charge in [-0.3, -0.25) is 19.2 Å². The molecule has 0 unspecified atom stereocenters. The third-order valence-electron chi connectivity index (χ3n) is 11.9. The number of anilines is 2. The number of allylic oxidation sites excluding steroid dienone is 8. The quantitative estimate of drug-likeness (QED) is 0.0430. The van der Waals surface area contributed by atoms with Crippen molar-refractivity contribution in [3.63, 3.8) is 0 Å². The molecule has 0 saturated heterocycles. The van der Waals surface area contributed by atoms with Crippen LogP contribution in [-0.4, -0.2) is 36.6 Å². The Morgan fingerprint density at radius 3 is 1.07 bits per heavy atom. The number of hydrogen-bond acceptors (Lipinski definition) is 10. The van der Waals surface area contributed by atoms with E-state index in [-0.39, 0.29) is 45.6 Å². The summed E-state index contributed by atoms with van der Waals surface area (Å²) in [7, 11) is 0. The molecule has 0 radical (unpaired) electrons. The van der Waals surface area contributed by atoms with Gasteiger partial charge in [-0.25, -0.2) is 0 Å². The summed E-state index contributed by atoms with van der Waals surface area (Å²) in [4.78, 5) is 51.8. The van der Waals surface area contributed by atoms with Crippen LogP contribution in [0.15, 0.2) is 82.5 Å². The minimum absolute atomic E-state index is 0.211. The zero-order valence-electron chi connectivity index (χ0n) is 43.9. The van der Waals surface area contributed by atoms with Gasteiger partial charge in [0.15, 0.2) is 11.5 Å². The molecule has 69 heavy (non-hydrogen) atoms. The van der Waals surface area contributed by atoms with Crippen molar-refractivity contribution in [3.8, 4) is 11.5 Å². The SMILES string of the molecule is CCCCCCCCCCCCOc1cc(N/C=C2/C=C(C(C)(C)C)C=C(NC(C)=O)C2=O)c(N/C=C2/C=C(C(C)(C)C)C=C(NC(C)=O)C2=O)cc1OCCCCCCCCCCCC.[O]=[U]=[O]. The zero-order valence-corrected chi connectivity index (χ0v) is 48.1. The predicted octanol–water partition coefficient (Wildman–Crippen LogP) is 13.8. The number of carbonyl (C=O) groups is 4. The van der Waals surface area contributed by atoms with Crippen LogP contribution < -0.4 is 30.7 Å². The Bertz CT molecular complexity index is 1920. The number of Topliss-reactive ketones (excluding diaryl/α,β-unsaturated/α-hetero) is 2. The summed E-state index contributed by atoms with van der Waals surface area (Å²) in [6.07, 6.45) is 34.9. The van der Waals surface area contributed by atoms with Crippen molar-refractivity contribution in [1.82, 2.24) is 10.6 Å². The molecule has 382 valence electrons. The molecule has 0 saturated carbocycles. The maximum atomic E-state index is 13.8. The number of ketones is 2. The molecular weight excluding hydrogens is 1090 g/mol. The molecule has 1 aromatic carbocycles. The van der Waals surface area contributed by atoms with Crippen molar-refractivity contribution < 1.29 is 60.9 Å². The number of unbranched alkanes of at least 4 members (excludes halogenated alkanes) is 18. The molecular formula is C56H86N4O8U. The summed E-state index contributed by atoms with van der Waals surface area (Å²) < 4.78 is 30.2. The Morgan fingerprint density at radius 2 is 0.797 bits per heavy atom. The van der Waals surface area contributed by atoms with E-state index in [1.807, 2.05) is 24.3 Å². The molecule has 2 aliphatic carbocycles. The van der Waals surface area contributed by atoms with Crippen molar-refractivity contribution in [1.29, 1.82) is 0 Å². The molecule has 0 aliphatic heterocycles. The van der Waals surface area contributed by atoms with E-state index in [2.05, 4.69) is 76.7 Å². The third-order valence-corrected chi connectivity index (χ3v) is 11.9. The maximum absolute atomic E-state index is 13.8. The summed E-state index contributed by atoms with van der Waals surface area (Å²) >= 11 is -2.51. The first-order valence-electron chi connectivity index (χ1n) is 25.7. The molecule has 12 nitrogen and oxygen atoms in total. The number of hydrogen-bond donors (Lipinski definition) is 4. The van der Waals surface area contributed by atoms with Gasteiger partial charge in [0.2, 0.25) is 23.4 Å². The van der Waals surface area contributed by atoms with Gasteiger partial charge in [0.1, 0.15) is 0 Å². The van der Waals surface area contributed by atoms with E-state index in [1.165, 1.54) is 117 Å². The molecule has 2 amide bonds. The second-order valence-electron chi connectivity index (χ2n) is 20.3. The molecule has 0 heterocycles. The summed E-state index contributed by atoms with van der Waals surface area (Å²) in [5.74, 6) is -0.131. The summed E-state index contributed by atoms with van der Waals surface area (Å²) in [6, 6.07) is 3.77. The van der Waals surface area contributed by atoms with Crippen LogP contribution in [0.4, 0.5) is 11.4 Å². The molecule has 0 fully saturated rings. The average molecular weight is 1180 g/mol. The van der Waals surface area contributed by atoms with Crippen LogP contribution >= 0.6 is 0 Å². The summed E-state index contributed by atoms with van der Waals surface area (Å²) in [5, 5.41) is 12.2. The van der Waals surface area contributed by atoms with E-state index in [1.54, 1.807) is 24.6 Å². The number of benzene rings is 1.